The van der Waals surface area contributed by atoms with Crippen molar-refractivity contribution in [2.75, 3.05) is 6.61 Å². The Labute approximate surface area is 216 Å². The average Bonchev–Trinajstić information content (AvgIpc) is 2.92. The summed E-state index contributed by atoms with van der Waals surface area (Å²) in [5.74, 6) is 1.29. The zero-order valence-electron chi connectivity index (χ0n) is 21.8. The number of aryl methyl sites for hydroxylation is 1. The number of esters is 1. The number of ether oxygens (including phenoxy) is 2. The molecule has 0 radical (unpaired) electrons. The van der Waals surface area contributed by atoms with E-state index < -0.39 is 0 Å². The normalized spacial score (nSPS) is 11.7. The molecule has 3 rings (SSSR count). The molecule has 0 amide bonds. The van der Waals surface area contributed by atoms with Gasteiger partial charge in [0.1, 0.15) is 5.75 Å². The highest BCUT2D eigenvalue weighted by Gasteiger charge is 2.12. The van der Waals surface area contributed by atoms with E-state index in [1.54, 1.807) is 12.1 Å². The molecule has 0 N–H and O–H groups in total. The summed E-state index contributed by atoms with van der Waals surface area (Å²) in [6, 6.07) is 17.0. The summed E-state index contributed by atoms with van der Waals surface area (Å²) in [7, 11) is 0. The van der Waals surface area contributed by atoms with Crippen LogP contribution < -0.4 is 4.74 Å². The molecule has 0 saturated heterocycles. The molecule has 0 bridgehead atoms. The van der Waals surface area contributed by atoms with E-state index in [1.807, 2.05) is 61.8 Å². The quantitative estimate of drug-likeness (QED) is 0.152. The Morgan fingerprint density at radius 3 is 2.14 bits per heavy atom. The first kappa shape index (κ1) is 27.4. The van der Waals surface area contributed by atoms with Gasteiger partial charge in [0, 0.05) is 18.0 Å². The number of carbonyl (C=O) groups is 1. The summed E-state index contributed by atoms with van der Waals surface area (Å²) in [5, 5.41) is 0. The van der Waals surface area contributed by atoms with Crippen LogP contribution >= 0.6 is 0 Å². The number of rotatable bonds is 16. The van der Waals surface area contributed by atoms with Crippen LogP contribution in [0.3, 0.4) is 0 Å². The van der Waals surface area contributed by atoms with E-state index in [9.17, 15) is 4.79 Å². The van der Waals surface area contributed by atoms with Crippen LogP contribution in [0.15, 0.2) is 67.0 Å². The molecule has 0 saturated carbocycles. The van der Waals surface area contributed by atoms with Crippen molar-refractivity contribution in [1.29, 1.82) is 0 Å². The van der Waals surface area contributed by atoms with E-state index in [1.165, 1.54) is 44.9 Å². The molecule has 1 aromatic heterocycles. The fourth-order valence-corrected chi connectivity index (χ4v) is 4.01. The summed E-state index contributed by atoms with van der Waals surface area (Å²) in [6.45, 7) is 4.93. The number of aromatic nitrogens is 2. The summed E-state index contributed by atoms with van der Waals surface area (Å²) in [4.78, 5) is 21.2. The third-order valence-corrected chi connectivity index (χ3v) is 6.24. The minimum atomic E-state index is -0.292. The lowest BCUT2D eigenvalue weighted by atomic mass is 10.1. The van der Waals surface area contributed by atoms with Gasteiger partial charge >= 0.3 is 5.97 Å². The van der Waals surface area contributed by atoms with Gasteiger partial charge in [-0.1, -0.05) is 70.1 Å². The van der Waals surface area contributed by atoms with Crippen LogP contribution in [-0.2, 0) is 11.2 Å². The predicted molar refractivity (Wildman–Crippen MR) is 145 cm³/mol. The number of benzene rings is 2. The van der Waals surface area contributed by atoms with Gasteiger partial charge in [0.05, 0.1) is 18.3 Å². The highest BCUT2D eigenvalue weighted by Crippen LogP contribution is 2.20. The van der Waals surface area contributed by atoms with E-state index >= 15 is 0 Å². The zero-order valence-corrected chi connectivity index (χ0v) is 21.8. The van der Waals surface area contributed by atoms with Gasteiger partial charge in [-0.25, -0.2) is 14.8 Å². The lowest BCUT2D eigenvalue weighted by Gasteiger charge is -2.13. The first-order chi connectivity index (χ1) is 17.7. The third-order valence-electron chi connectivity index (χ3n) is 6.24. The Balaban J connectivity index is 1.35. The van der Waals surface area contributed by atoms with Crippen LogP contribution in [0.1, 0.15) is 87.6 Å². The molecule has 0 fully saturated rings. The molecule has 5 nitrogen and oxygen atoms in total. The maximum Gasteiger partial charge on any atom is 0.338 e. The standard InChI is InChI=1S/C31H40N2O3/c1-3-4-5-6-7-8-9-13-22-35-29-20-18-27(19-21-29)30-32-23-26(24-33-30)17-16-25(2)36-31(34)28-14-11-10-12-15-28/h10-12,14-15,18-21,23-25H,3-9,13,16-17,22H2,1-2H3. The van der Waals surface area contributed by atoms with Crippen LogP contribution in [-0.4, -0.2) is 28.6 Å². The molecule has 1 atom stereocenters. The minimum absolute atomic E-state index is 0.185. The molecule has 0 aliphatic carbocycles. The molecule has 192 valence electrons. The van der Waals surface area contributed by atoms with Crippen LogP contribution in [0.5, 0.6) is 5.75 Å². The van der Waals surface area contributed by atoms with Crippen molar-refractivity contribution >= 4 is 5.97 Å². The first-order valence-electron chi connectivity index (χ1n) is 13.5. The fourth-order valence-electron chi connectivity index (χ4n) is 4.01. The lowest BCUT2D eigenvalue weighted by molar-refractivity contribution is 0.0325. The molecule has 0 spiro atoms. The summed E-state index contributed by atoms with van der Waals surface area (Å²) < 4.78 is 11.4. The highest BCUT2D eigenvalue weighted by atomic mass is 16.5. The molecule has 0 aliphatic rings. The maximum absolute atomic E-state index is 12.2. The second-order valence-electron chi connectivity index (χ2n) is 9.38. The minimum Gasteiger partial charge on any atom is -0.494 e. The summed E-state index contributed by atoms with van der Waals surface area (Å²) >= 11 is 0. The molecule has 3 aromatic rings. The van der Waals surface area contributed by atoms with Gasteiger partial charge in [-0.2, -0.15) is 0 Å². The third kappa shape index (κ3) is 9.80. The van der Waals surface area contributed by atoms with Gasteiger partial charge in [0.15, 0.2) is 5.82 Å². The lowest BCUT2D eigenvalue weighted by Crippen LogP contribution is -2.15. The largest absolute Gasteiger partial charge is 0.494 e. The van der Waals surface area contributed by atoms with Crippen molar-refractivity contribution in [1.82, 2.24) is 9.97 Å². The fraction of sp³-hybridized carbons (Fsp3) is 0.452. The second-order valence-corrected chi connectivity index (χ2v) is 9.38. The monoisotopic (exact) mass is 488 g/mol. The Kier molecular flexibility index (Phi) is 12.0. The number of hydrogen-bond donors (Lipinski definition) is 0. The van der Waals surface area contributed by atoms with Crippen LogP contribution in [0, 0.1) is 0 Å². The van der Waals surface area contributed by atoms with Gasteiger partial charge in [-0.15, -0.1) is 0 Å². The highest BCUT2D eigenvalue weighted by molar-refractivity contribution is 5.89. The van der Waals surface area contributed by atoms with Crippen LogP contribution in [0.2, 0.25) is 0 Å². The van der Waals surface area contributed by atoms with Gasteiger partial charge in [0.2, 0.25) is 0 Å². The van der Waals surface area contributed by atoms with Gasteiger partial charge < -0.3 is 9.47 Å². The second kappa shape index (κ2) is 15.7. The smallest absolute Gasteiger partial charge is 0.338 e. The SMILES string of the molecule is CCCCCCCCCCOc1ccc(-c2ncc(CCC(C)OC(=O)c3ccccc3)cn2)cc1. The van der Waals surface area contributed by atoms with E-state index in [0.29, 0.717) is 17.8 Å². The number of unbranched alkanes of at least 4 members (excludes halogenated alkanes) is 7. The Bertz CT molecular complexity index is 1000. The molecule has 0 aliphatic heterocycles. The first-order valence-corrected chi connectivity index (χ1v) is 13.5. The van der Waals surface area contributed by atoms with E-state index in [-0.39, 0.29) is 12.1 Å². The zero-order chi connectivity index (χ0) is 25.4. The number of nitrogens with zero attached hydrogens (tertiary/aromatic N) is 2. The van der Waals surface area contributed by atoms with Gasteiger partial charge in [-0.05, 0) is 68.1 Å². The molecule has 36 heavy (non-hydrogen) atoms. The van der Waals surface area contributed by atoms with Crippen molar-refractivity contribution in [3.63, 3.8) is 0 Å². The molecule has 2 aromatic carbocycles. The van der Waals surface area contributed by atoms with Crippen molar-refractivity contribution < 1.29 is 14.3 Å². The van der Waals surface area contributed by atoms with Crippen LogP contribution in [0.4, 0.5) is 0 Å². The van der Waals surface area contributed by atoms with Gasteiger partial charge in [0.25, 0.3) is 0 Å². The van der Waals surface area contributed by atoms with E-state index in [2.05, 4.69) is 16.9 Å². The van der Waals surface area contributed by atoms with Crippen molar-refractivity contribution in [3.05, 3.63) is 78.1 Å². The molecular formula is C31H40N2O3. The van der Waals surface area contributed by atoms with E-state index in [4.69, 9.17) is 9.47 Å². The maximum atomic E-state index is 12.2. The molecular weight excluding hydrogens is 448 g/mol. The Morgan fingerprint density at radius 1 is 0.833 bits per heavy atom. The van der Waals surface area contributed by atoms with Crippen molar-refractivity contribution in [2.45, 2.75) is 84.2 Å². The average molecular weight is 489 g/mol. The summed E-state index contributed by atoms with van der Waals surface area (Å²) in [6.07, 6.45) is 15.4. The van der Waals surface area contributed by atoms with E-state index in [0.717, 1.165) is 36.3 Å². The summed E-state index contributed by atoms with van der Waals surface area (Å²) in [5.41, 5.74) is 2.56. The van der Waals surface area contributed by atoms with Crippen molar-refractivity contribution in [3.8, 4) is 17.1 Å². The van der Waals surface area contributed by atoms with Crippen molar-refractivity contribution in [2.24, 2.45) is 0 Å². The topological polar surface area (TPSA) is 61.3 Å². The predicted octanol–water partition coefficient (Wildman–Crippen LogP) is 7.84. The molecule has 5 heteroatoms. The Morgan fingerprint density at radius 2 is 1.47 bits per heavy atom. The number of hydrogen-bond acceptors (Lipinski definition) is 5. The number of carbonyl (C=O) groups excluding carboxylic acids is 1. The van der Waals surface area contributed by atoms with Crippen LogP contribution in [0.25, 0.3) is 11.4 Å². The molecule has 1 unspecified atom stereocenters. The molecule has 1 heterocycles. The van der Waals surface area contributed by atoms with Gasteiger partial charge in [-0.3, -0.25) is 0 Å². The Hall–Kier alpha value is -3.21.